The summed E-state index contributed by atoms with van der Waals surface area (Å²) < 4.78 is -1.24. The van der Waals surface area contributed by atoms with E-state index < -0.39 is 4.25 Å². The van der Waals surface area contributed by atoms with Crippen LogP contribution in [-0.4, -0.2) is 25.7 Å². The van der Waals surface area contributed by atoms with E-state index in [9.17, 15) is 0 Å². The molecule has 0 aliphatic carbocycles. The first-order valence-electron chi connectivity index (χ1n) is 5.11. The van der Waals surface area contributed by atoms with Gasteiger partial charge in [0.2, 0.25) is 0 Å². The minimum absolute atomic E-state index is 1.24. The second-order valence-corrected chi connectivity index (χ2v) is 20.5. The van der Waals surface area contributed by atoms with Crippen molar-refractivity contribution >= 4 is 26.3 Å². The molecule has 0 heterocycles. The molecule has 0 aromatic heterocycles. The van der Waals surface area contributed by atoms with Crippen molar-refractivity contribution in [3.63, 3.8) is 0 Å². The maximum atomic E-state index is 2.79. The van der Waals surface area contributed by atoms with Crippen LogP contribution in [-0.2, 0) is 0 Å². The number of unbranched alkanes of at least 4 members (excludes halogenated alkanes) is 2. The predicted molar refractivity (Wildman–Crippen MR) is 72.3 cm³/mol. The van der Waals surface area contributed by atoms with Gasteiger partial charge >= 0.3 is 91.5 Å². The van der Waals surface area contributed by atoms with Gasteiger partial charge < -0.3 is 0 Å². The van der Waals surface area contributed by atoms with Crippen LogP contribution in [0.15, 0.2) is 0 Å². The third kappa shape index (κ3) is 6.65. The van der Waals surface area contributed by atoms with Gasteiger partial charge in [-0.15, -0.1) is 0 Å². The van der Waals surface area contributed by atoms with Crippen LogP contribution in [0.5, 0.6) is 0 Å². The average molecular weight is 302 g/mol. The summed E-state index contributed by atoms with van der Waals surface area (Å²) in [6, 6.07) is 0. The Kier molecular flexibility index (Phi) is 5.64. The van der Waals surface area contributed by atoms with Crippen molar-refractivity contribution in [1.29, 1.82) is 0 Å². The first-order valence-corrected chi connectivity index (χ1v) is 11.4. The van der Waals surface area contributed by atoms with E-state index in [1.807, 2.05) is 0 Å². The number of hydrogen-bond donors (Lipinski definition) is 0. The van der Waals surface area contributed by atoms with E-state index in [0.29, 0.717) is 0 Å². The summed E-state index contributed by atoms with van der Waals surface area (Å²) in [6.07, 6.45) is 8.55. The van der Waals surface area contributed by atoms with E-state index in [0.717, 1.165) is 0 Å². The molecule has 0 saturated heterocycles. The van der Waals surface area contributed by atoms with Gasteiger partial charge in [0.15, 0.2) is 0 Å². The second kappa shape index (κ2) is 5.14. The molecule has 0 bridgehead atoms. The molecule has 0 radical (unpaired) electrons. The molecule has 0 fully saturated rings. The maximum absolute atomic E-state index is 2.79. The monoisotopic (exact) mass is 302 g/mol. The number of rotatable bonds is 6. The fraction of sp³-hybridized carbons (Fsp3) is 1.00. The molecule has 0 spiro atoms. The van der Waals surface area contributed by atoms with Crippen molar-refractivity contribution in [2.24, 2.45) is 0 Å². The Morgan fingerprint density at radius 2 is 1.25 bits per heavy atom. The molecule has 0 N–H and O–H groups in total. The Bertz CT molecular complexity index is 112. The first kappa shape index (κ1) is 13.2. The SMILES string of the molecule is CCCCP(C)(C)(I)CCCC. The van der Waals surface area contributed by atoms with Crippen LogP contribution in [0.2, 0.25) is 0 Å². The van der Waals surface area contributed by atoms with Gasteiger partial charge in [0.25, 0.3) is 0 Å². The molecule has 0 unspecified atom stereocenters. The van der Waals surface area contributed by atoms with Gasteiger partial charge in [-0.3, -0.25) is 0 Å². The Morgan fingerprint density at radius 1 is 0.917 bits per heavy atom. The zero-order valence-corrected chi connectivity index (χ0v) is 12.1. The minimum atomic E-state index is -1.24. The van der Waals surface area contributed by atoms with Crippen molar-refractivity contribution in [3.8, 4) is 0 Å². The summed E-state index contributed by atoms with van der Waals surface area (Å²) in [6.45, 7) is 9.67. The molecular weight excluding hydrogens is 278 g/mol. The number of halogens is 1. The standard InChI is InChI=1S/C10H24IP/c1-5-7-9-12(3,4,11)10-8-6-2/h5-10H2,1-4H3. The molecule has 0 saturated carbocycles. The summed E-state index contributed by atoms with van der Waals surface area (Å²) >= 11 is 2.79. The Labute approximate surface area is 91.3 Å². The molecule has 0 aromatic rings. The molecule has 76 valence electrons. The second-order valence-electron chi connectivity index (χ2n) is 4.67. The summed E-state index contributed by atoms with van der Waals surface area (Å²) in [5, 5.41) is 0. The third-order valence-electron chi connectivity index (χ3n) is 2.40. The van der Waals surface area contributed by atoms with Crippen LogP contribution in [0.3, 0.4) is 0 Å². The van der Waals surface area contributed by atoms with Crippen molar-refractivity contribution in [2.75, 3.05) is 25.7 Å². The van der Waals surface area contributed by atoms with E-state index in [1.54, 1.807) is 0 Å². The normalized spacial score (nSPS) is 15.6. The first-order chi connectivity index (χ1) is 5.39. The van der Waals surface area contributed by atoms with Crippen LogP contribution in [0.25, 0.3) is 0 Å². The van der Waals surface area contributed by atoms with E-state index in [1.165, 1.54) is 38.0 Å². The van der Waals surface area contributed by atoms with Gasteiger partial charge in [-0.2, -0.15) is 0 Å². The fourth-order valence-corrected chi connectivity index (χ4v) is 6.26. The molecule has 2 heteroatoms. The van der Waals surface area contributed by atoms with Gasteiger partial charge in [-0.1, -0.05) is 0 Å². The van der Waals surface area contributed by atoms with Crippen LogP contribution in [0.1, 0.15) is 39.5 Å². The van der Waals surface area contributed by atoms with Gasteiger partial charge in [0.05, 0.1) is 0 Å². The quantitative estimate of drug-likeness (QED) is 0.490. The molecule has 12 heavy (non-hydrogen) atoms. The van der Waals surface area contributed by atoms with Gasteiger partial charge in [0.1, 0.15) is 0 Å². The van der Waals surface area contributed by atoms with Crippen molar-refractivity contribution in [2.45, 2.75) is 39.5 Å². The van der Waals surface area contributed by atoms with Crippen LogP contribution in [0.4, 0.5) is 0 Å². The summed E-state index contributed by atoms with van der Waals surface area (Å²) in [5.41, 5.74) is 0. The van der Waals surface area contributed by atoms with E-state index in [4.69, 9.17) is 0 Å². The average Bonchev–Trinajstić information content (AvgIpc) is 1.97. The van der Waals surface area contributed by atoms with E-state index >= 15 is 0 Å². The third-order valence-corrected chi connectivity index (χ3v) is 8.69. The molecule has 0 nitrogen and oxygen atoms in total. The predicted octanol–water partition coefficient (Wildman–Crippen LogP) is 4.75. The van der Waals surface area contributed by atoms with Gasteiger partial charge in [-0.05, 0) is 0 Å². The summed E-state index contributed by atoms with van der Waals surface area (Å²) in [5.74, 6) is 0. The summed E-state index contributed by atoms with van der Waals surface area (Å²) in [4.78, 5) is 0. The van der Waals surface area contributed by atoms with Crippen LogP contribution >= 0.6 is 26.3 Å². The molecule has 0 aliphatic rings. The Balaban J connectivity index is 3.90. The Hall–Kier alpha value is 1.16. The van der Waals surface area contributed by atoms with Crippen molar-refractivity contribution in [1.82, 2.24) is 0 Å². The molecule has 0 amide bonds. The number of hydrogen-bond acceptors (Lipinski definition) is 0. The zero-order valence-electron chi connectivity index (χ0n) is 9.07. The van der Waals surface area contributed by atoms with E-state index in [2.05, 4.69) is 49.2 Å². The topological polar surface area (TPSA) is 0 Å². The van der Waals surface area contributed by atoms with E-state index in [-0.39, 0.29) is 0 Å². The van der Waals surface area contributed by atoms with Crippen LogP contribution < -0.4 is 0 Å². The summed E-state index contributed by atoms with van der Waals surface area (Å²) in [7, 11) is 0. The zero-order chi connectivity index (χ0) is 9.69. The molecular formula is C10H24IP. The molecule has 0 aromatic carbocycles. The Morgan fingerprint density at radius 3 is 1.50 bits per heavy atom. The van der Waals surface area contributed by atoms with Crippen molar-refractivity contribution < 1.29 is 0 Å². The van der Waals surface area contributed by atoms with Gasteiger partial charge in [-0.25, -0.2) is 0 Å². The van der Waals surface area contributed by atoms with Crippen LogP contribution in [0, 0.1) is 0 Å². The van der Waals surface area contributed by atoms with Gasteiger partial charge in [0, 0.05) is 0 Å². The molecule has 0 aliphatic heterocycles. The molecule has 0 rings (SSSR count). The molecule has 0 atom stereocenters. The van der Waals surface area contributed by atoms with Crippen molar-refractivity contribution in [3.05, 3.63) is 0 Å². The fourth-order valence-electron chi connectivity index (χ4n) is 1.40.